The Labute approximate surface area is 150 Å². The summed E-state index contributed by atoms with van der Waals surface area (Å²) in [5.41, 5.74) is 0.710. The first-order valence-corrected chi connectivity index (χ1v) is 8.42. The highest BCUT2D eigenvalue weighted by Crippen LogP contribution is 2.49. The van der Waals surface area contributed by atoms with E-state index in [0.29, 0.717) is 17.3 Å². The van der Waals surface area contributed by atoms with Crippen LogP contribution in [0, 0.1) is 5.82 Å². The molecule has 1 N–H and O–H groups in total. The number of halogens is 2. The van der Waals surface area contributed by atoms with Gasteiger partial charge in [-0.15, -0.1) is 0 Å². The van der Waals surface area contributed by atoms with E-state index in [1.54, 1.807) is 19.2 Å². The van der Waals surface area contributed by atoms with E-state index in [9.17, 15) is 9.18 Å². The highest BCUT2D eigenvalue weighted by atomic mass is 35.5. The molecule has 2 aromatic rings. The summed E-state index contributed by atoms with van der Waals surface area (Å²) in [6.07, 6.45) is 1.50. The second-order valence-electron chi connectivity index (χ2n) is 6.03. The fourth-order valence-electron chi connectivity index (χ4n) is 2.74. The van der Waals surface area contributed by atoms with Gasteiger partial charge in [0.1, 0.15) is 6.61 Å². The Bertz CT molecular complexity index is 777. The topological polar surface area (TPSA) is 47.6 Å². The molecule has 2 aromatic carbocycles. The van der Waals surface area contributed by atoms with E-state index < -0.39 is 11.2 Å². The quantitative estimate of drug-likeness (QED) is 0.751. The highest BCUT2D eigenvalue weighted by Gasteiger charge is 2.51. The number of anilines is 1. The smallest absolute Gasteiger partial charge is 0.235 e. The van der Waals surface area contributed by atoms with Crippen LogP contribution in [0.5, 0.6) is 5.75 Å². The molecule has 0 aliphatic heterocycles. The minimum atomic E-state index is -0.574. The molecule has 25 heavy (non-hydrogen) atoms. The predicted molar refractivity (Wildman–Crippen MR) is 94.8 cm³/mol. The van der Waals surface area contributed by atoms with Crippen molar-refractivity contribution in [1.82, 2.24) is 0 Å². The number of benzene rings is 2. The molecule has 3 rings (SSSR count). The molecule has 0 spiro atoms. The van der Waals surface area contributed by atoms with Crippen LogP contribution in [0.1, 0.15) is 18.4 Å². The normalized spacial score (nSPS) is 14.8. The summed E-state index contributed by atoms with van der Waals surface area (Å²) in [5, 5.41) is 3.39. The first-order chi connectivity index (χ1) is 12.0. The first kappa shape index (κ1) is 17.7. The second kappa shape index (κ2) is 7.42. The summed E-state index contributed by atoms with van der Waals surface area (Å²) >= 11 is 6.03. The molecule has 0 radical (unpaired) electrons. The van der Waals surface area contributed by atoms with Gasteiger partial charge in [-0.25, -0.2) is 4.39 Å². The minimum Gasteiger partial charge on any atom is -0.488 e. The van der Waals surface area contributed by atoms with Gasteiger partial charge in [0.2, 0.25) is 5.91 Å². The van der Waals surface area contributed by atoms with Gasteiger partial charge in [0.05, 0.1) is 12.0 Å². The average molecular weight is 364 g/mol. The SMILES string of the molecule is COCCOc1ccc(NC(=O)C2(c3cccc(Cl)c3)CC2)cc1F. The van der Waals surface area contributed by atoms with E-state index in [2.05, 4.69) is 5.32 Å². The van der Waals surface area contributed by atoms with Crippen molar-refractivity contribution in [1.29, 1.82) is 0 Å². The first-order valence-electron chi connectivity index (χ1n) is 8.04. The largest absolute Gasteiger partial charge is 0.488 e. The van der Waals surface area contributed by atoms with Gasteiger partial charge in [0.25, 0.3) is 0 Å². The van der Waals surface area contributed by atoms with Crippen LogP contribution in [0.3, 0.4) is 0 Å². The van der Waals surface area contributed by atoms with Crippen LogP contribution in [-0.4, -0.2) is 26.2 Å². The van der Waals surface area contributed by atoms with Gasteiger partial charge in [-0.1, -0.05) is 23.7 Å². The van der Waals surface area contributed by atoms with E-state index in [4.69, 9.17) is 21.1 Å². The molecule has 4 nitrogen and oxygen atoms in total. The van der Waals surface area contributed by atoms with Gasteiger partial charge in [0.15, 0.2) is 11.6 Å². The molecule has 0 unspecified atom stereocenters. The van der Waals surface area contributed by atoms with Crippen molar-refractivity contribution in [2.75, 3.05) is 25.6 Å². The average Bonchev–Trinajstić information content (AvgIpc) is 3.39. The summed E-state index contributed by atoms with van der Waals surface area (Å²) in [5.74, 6) is -0.547. The van der Waals surface area contributed by atoms with Gasteiger partial charge in [-0.3, -0.25) is 4.79 Å². The maximum absolute atomic E-state index is 14.1. The third kappa shape index (κ3) is 3.94. The van der Waals surface area contributed by atoms with Gasteiger partial charge in [0, 0.05) is 23.9 Å². The Kier molecular flexibility index (Phi) is 5.25. The number of rotatable bonds is 7. The molecule has 0 aromatic heterocycles. The molecule has 0 heterocycles. The lowest BCUT2D eigenvalue weighted by molar-refractivity contribution is -0.118. The Morgan fingerprint density at radius 1 is 1.24 bits per heavy atom. The van der Waals surface area contributed by atoms with Crippen LogP contribution in [0.4, 0.5) is 10.1 Å². The molecule has 0 bridgehead atoms. The molecule has 132 valence electrons. The molecule has 1 aliphatic carbocycles. The van der Waals surface area contributed by atoms with Crippen molar-refractivity contribution >= 4 is 23.2 Å². The van der Waals surface area contributed by atoms with E-state index in [0.717, 1.165) is 18.4 Å². The zero-order valence-electron chi connectivity index (χ0n) is 13.9. The lowest BCUT2D eigenvalue weighted by Crippen LogP contribution is -2.27. The number of ether oxygens (including phenoxy) is 2. The fraction of sp³-hybridized carbons (Fsp3) is 0.316. The second-order valence-corrected chi connectivity index (χ2v) is 6.47. The number of amides is 1. The van der Waals surface area contributed by atoms with Crippen molar-refractivity contribution in [2.24, 2.45) is 0 Å². The standard InChI is InChI=1S/C19H19ClFNO3/c1-24-9-10-25-17-6-5-15(12-16(17)21)22-18(23)19(7-8-19)13-3-2-4-14(20)11-13/h2-6,11-12H,7-10H2,1H3,(H,22,23). The number of carbonyl (C=O) groups is 1. The third-order valence-corrected chi connectivity index (χ3v) is 4.53. The maximum Gasteiger partial charge on any atom is 0.235 e. The Balaban J connectivity index is 1.70. The summed E-state index contributed by atoms with van der Waals surface area (Å²) in [7, 11) is 1.55. The van der Waals surface area contributed by atoms with Crippen LogP contribution >= 0.6 is 11.6 Å². The molecule has 1 fully saturated rings. The number of methoxy groups -OCH3 is 1. The van der Waals surface area contributed by atoms with E-state index in [1.165, 1.54) is 12.1 Å². The Hall–Kier alpha value is -2.11. The zero-order valence-corrected chi connectivity index (χ0v) is 14.6. The number of hydrogen-bond acceptors (Lipinski definition) is 3. The van der Waals surface area contributed by atoms with Crippen LogP contribution in [-0.2, 0) is 14.9 Å². The van der Waals surface area contributed by atoms with Crippen LogP contribution in [0.25, 0.3) is 0 Å². The molecular formula is C19H19ClFNO3. The van der Waals surface area contributed by atoms with Crippen molar-refractivity contribution in [3.8, 4) is 5.75 Å². The van der Waals surface area contributed by atoms with Crippen molar-refractivity contribution < 1.29 is 18.7 Å². The molecule has 0 saturated heterocycles. The van der Waals surface area contributed by atoms with E-state index in [-0.39, 0.29) is 18.3 Å². The molecular weight excluding hydrogens is 345 g/mol. The summed E-state index contributed by atoms with van der Waals surface area (Å²) in [4.78, 5) is 12.7. The lowest BCUT2D eigenvalue weighted by atomic mass is 9.95. The number of hydrogen-bond donors (Lipinski definition) is 1. The highest BCUT2D eigenvalue weighted by molar-refractivity contribution is 6.30. The molecule has 1 aliphatic rings. The molecule has 1 amide bonds. The van der Waals surface area contributed by atoms with Gasteiger partial charge < -0.3 is 14.8 Å². The van der Waals surface area contributed by atoms with Gasteiger partial charge >= 0.3 is 0 Å². The summed E-state index contributed by atoms with van der Waals surface area (Å²) < 4.78 is 24.2. The summed E-state index contributed by atoms with van der Waals surface area (Å²) in [6, 6.07) is 11.7. The van der Waals surface area contributed by atoms with Crippen LogP contribution < -0.4 is 10.1 Å². The molecule has 0 atom stereocenters. The molecule has 1 saturated carbocycles. The van der Waals surface area contributed by atoms with Crippen molar-refractivity contribution in [2.45, 2.75) is 18.3 Å². The zero-order chi connectivity index (χ0) is 17.9. The third-order valence-electron chi connectivity index (χ3n) is 4.30. The van der Waals surface area contributed by atoms with E-state index >= 15 is 0 Å². The summed E-state index contributed by atoms with van der Waals surface area (Å²) in [6.45, 7) is 0.636. The van der Waals surface area contributed by atoms with Gasteiger partial charge in [-0.05, 0) is 42.7 Å². The van der Waals surface area contributed by atoms with Crippen LogP contribution in [0.15, 0.2) is 42.5 Å². The Morgan fingerprint density at radius 3 is 2.68 bits per heavy atom. The number of carbonyl (C=O) groups excluding carboxylic acids is 1. The van der Waals surface area contributed by atoms with Crippen LogP contribution in [0.2, 0.25) is 5.02 Å². The van der Waals surface area contributed by atoms with Crippen molar-refractivity contribution in [3.63, 3.8) is 0 Å². The predicted octanol–water partition coefficient (Wildman–Crippen LogP) is 4.17. The van der Waals surface area contributed by atoms with E-state index in [1.807, 2.05) is 18.2 Å². The maximum atomic E-state index is 14.1. The minimum absolute atomic E-state index is 0.131. The number of nitrogens with one attached hydrogen (secondary N) is 1. The fourth-order valence-corrected chi connectivity index (χ4v) is 2.93. The Morgan fingerprint density at radius 2 is 2.04 bits per heavy atom. The molecule has 6 heteroatoms. The van der Waals surface area contributed by atoms with Crippen molar-refractivity contribution in [3.05, 3.63) is 58.9 Å². The lowest BCUT2D eigenvalue weighted by Gasteiger charge is -2.16. The van der Waals surface area contributed by atoms with Gasteiger partial charge in [-0.2, -0.15) is 0 Å². The monoisotopic (exact) mass is 363 g/mol.